The normalized spacial score (nSPS) is 23.7. The van der Waals surface area contributed by atoms with Gasteiger partial charge in [-0.05, 0) is 62.8 Å². The molecule has 1 aliphatic heterocycles. The molecule has 1 aliphatic carbocycles. The predicted octanol–water partition coefficient (Wildman–Crippen LogP) is 2.89. The van der Waals surface area contributed by atoms with Crippen molar-refractivity contribution in [2.75, 3.05) is 20.3 Å². The number of hydrogen-bond donors (Lipinski definition) is 2. The number of ether oxygens (including phenoxy) is 3. The first-order valence-corrected chi connectivity index (χ1v) is 10.7. The van der Waals surface area contributed by atoms with Crippen molar-refractivity contribution in [3.05, 3.63) is 47.2 Å². The summed E-state index contributed by atoms with van der Waals surface area (Å²) in [4.78, 5) is 24.5. The van der Waals surface area contributed by atoms with Crippen LogP contribution in [0.15, 0.2) is 36.1 Å². The number of nitrogens with one attached hydrogen (secondary N) is 1. The predicted molar refractivity (Wildman–Crippen MR) is 111 cm³/mol. The number of methoxy groups -OCH3 is 1. The third-order valence-electron chi connectivity index (χ3n) is 5.79. The smallest absolute Gasteiger partial charge is 0.337 e. The number of hydrogen-bond acceptors (Lipinski definition) is 6. The standard InChI is InChI=1S/C23H31NO6/c1-3-29-23-18(8-5-13-25)19(15-9-11-16(12-10-15)22(27)28-2)14-20(30-23)21(26)24-17-6-4-7-17/h9-12,14,17-19,23,25H,3-8,13H2,1-2H3,(H,24,26)/t18-,19-,23-/m1/s1. The zero-order valence-electron chi connectivity index (χ0n) is 17.6. The van der Waals surface area contributed by atoms with Gasteiger partial charge in [-0.3, -0.25) is 4.79 Å². The molecular weight excluding hydrogens is 386 g/mol. The Morgan fingerprint density at radius 3 is 2.53 bits per heavy atom. The molecule has 0 bridgehead atoms. The van der Waals surface area contributed by atoms with Crippen LogP contribution in [0, 0.1) is 5.92 Å². The van der Waals surface area contributed by atoms with Gasteiger partial charge in [0, 0.05) is 31.1 Å². The number of aliphatic hydroxyl groups is 1. The number of carbonyl (C=O) groups is 2. The SMILES string of the molecule is CCO[C@@H]1OC(C(=O)NC2CCC2)=C[C@H](c2ccc(C(=O)OC)cc2)[C@H]1CCCO. The van der Waals surface area contributed by atoms with E-state index in [9.17, 15) is 14.7 Å². The van der Waals surface area contributed by atoms with Crippen LogP contribution in [-0.2, 0) is 19.0 Å². The Balaban J connectivity index is 1.90. The molecule has 2 N–H and O–H groups in total. The summed E-state index contributed by atoms with van der Waals surface area (Å²) in [6.07, 6.45) is 5.66. The minimum atomic E-state index is -0.584. The molecule has 3 atom stereocenters. The Morgan fingerprint density at radius 1 is 1.23 bits per heavy atom. The number of esters is 1. The van der Waals surface area contributed by atoms with Crippen molar-refractivity contribution in [1.29, 1.82) is 0 Å². The third-order valence-corrected chi connectivity index (χ3v) is 5.79. The van der Waals surface area contributed by atoms with Gasteiger partial charge in [0.25, 0.3) is 5.91 Å². The zero-order chi connectivity index (χ0) is 21.5. The molecule has 164 valence electrons. The average Bonchev–Trinajstić information content (AvgIpc) is 2.74. The van der Waals surface area contributed by atoms with Gasteiger partial charge in [0.15, 0.2) is 5.76 Å². The van der Waals surface area contributed by atoms with Crippen LogP contribution in [0.5, 0.6) is 0 Å². The van der Waals surface area contributed by atoms with Gasteiger partial charge in [-0.2, -0.15) is 0 Å². The number of amides is 1. The second-order valence-electron chi connectivity index (χ2n) is 7.74. The van der Waals surface area contributed by atoms with Gasteiger partial charge < -0.3 is 24.6 Å². The molecule has 3 rings (SSSR count). The van der Waals surface area contributed by atoms with E-state index in [1.54, 1.807) is 12.1 Å². The van der Waals surface area contributed by atoms with Crippen LogP contribution in [0.2, 0.25) is 0 Å². The first-order valence-electron chi connectivity index (χ1n) is 10.7. The topological polar surface area (TPSA) is 94.1 Å². The Morgan fingerprint density at radius 2 is 1.97 bits per heavy atom. The third kappa shape index (κ3) is 5.21. The number of aliphatic hydroxyl groups excluding tert-OH is 1. The fourth-order valence-corrected chi connectivity index (χ4v) is 3.91. The van der Waals surface area contributed by atoms with Crippen molar-refractivity contribution in [3.8, 4) is 0 Å². The van der Waals surface area contributed by atoms with Gasteiger partial charge in [-0.25, -0.2) is 4.79 Å². The summed E-state index contributed by atoms with van der Waals surface area (Å²) in [6.45, 7) is 2.41. The van der Waals surface area contributed by atoms with Gasteiger partial charge in [0.05, 0.1) is 12.7 Å². The number of allylic oxidation sites excluding steroid dienone is 1. The molecule has 1 saturated carbocycles. The summed E-state index contributed by atoms with van der Waals surface area (Å²) in [5, 5.41) is 12.4. The molecule has 30 heavy (non-hydrogen) atoms. The Hall–Kier alpha value is -2.38. The second kappa shape index (κ2) is 10.6. The van der Waals surface area contributed by atoms with Gasteiger partial charge in [-0.15, -0.1) is 0 Å². The van der Waals surface area contributed by atoms with Crippen molar-refractivity contribution >= 4 is 11.9 Å². The van der Waals surface area contributed by atoms with Crippen LogP contribution in [-0.4, -0.2) is 49.6 Å². The van der Waals surface area contributed by atoms with Gasteiger partial charge >= 0.3 is 5.97 Å². The van der Waals surface area contributed by atoms with Crippen LogP contribution in [0.3, 0.4) is 0 Å². The maximum Gasteiger partial charge on any atom is 0.337 e. The molecule has 0 unspecified atom stereocenters. The van der Waals surface area contributed by atoms with Gasteiger partial charge in [-0.1, -0.05) is 12.1 Å². The average molecular weight is 418 g/mol. The Labute approximate surface area is 177 Å². The van der Waals surface area contributed by atoms with Crippen molar-refractivity contribution < 1.29 is 28.9 Å². The highest BCUT2D eigenvalue weighted by Crippen LogP contribution is 2.39. The van der Waals surface area contributed by atoms with E-state index in [0.29, 0.717) is 25.0 Å². The van der Waals surface area contributed by atoms with Crippen LogP contribution >= 0.6 is 0 Å². The van der Waals surface area contributed by atoms with E-state index in [1.165, 1.54) is 7.11 Å². The molecule has 0 spiro atoms. The molecule has 7 nitrogen and oxygen atoms in total. The minimum Gasteiger partial charge on any atom is -0.465 e. The number of carbonyl (C=O) groups excluding carboxylic acids is 2. The van der Waals surface area contributed by atoms with Gasteiger partial charge in [0.1, 0.15) is 0 Å². The van der Waals surface area contributed by atoms with Crippen molar-refractivity contribution in [2.24, 2.45) is 5.92 Å². The molecule has 7 heteroatoms. The number of benzene rings is 1. The lowest BCUT2D eigenvalue weighted by Gasteiger charge is -2.37. The van der Waals surface area contributed by atoms with Crippen molar-refractivity contribution in [2.45, 2.75) is 57.3 Å². The molecule has 1 amide bonds. The molecular formula is C23H31NO6. The van der Waals surface area contributed by atoms with Crippen molar-refractivity contribution in [1.82, 2.24) is 5.32 Å². The highest BCUT2D eigenvalue weighted by atomic mass is 16.7. The first-order chi connectivity index (χ1) is 14.6. The first kappa shape index (κ1) is 22.3. The van der Waals surface area contributed by atoms with Crippen molar-refractivity contribution in [3.63, 3.8) is 0 Å². The Kier molecular flexibility index (Phi) is 7.87. The molecule has 0 aromatic heterocycles. The summed E-state index contributed by atoms with van der Waals surface area (Å²) in [5.41, 5.74) is 1.42. The quantitative estimate of drug-likeness (QED) is 0.600. The van der Waals surface area contributed by atoms with E-state index in [4.69, 9.17) is 14.2 Å². The van der Waals surface area contributed by atoms with Crippen LogP contribution in [0.25, 0.3) is 0 Å². The largest absolute Gasteiger partial charge is 0.465 e. The van der Waals surface area contributed by atoms with E-state index < -0.39 is 12.3 Å². The summed E-state index contributed by atoms with van der Waals surface area (Å²) >= 11 is 0. The van der Waals surface area contributed by atoms with E-state index in [2.05, 4.69) is 5.32 Å². The fraction of sp³-hybridized carbons (Fsp3) is 0.565. The molecule has 1 aromatic rings. The molecule has 0 saturated heterocycles. The second-order valence-corrected chi connectivity index (χ2v) is 7.74. The van der Waals surface area contributed by atoms with Crippen LogP contribution < -0.4 is 5.32 Å². The highest BCUT2D eigenvalue weighted by Gasteiger charge is 2.38. The van der Waals surface area contributed by atoms with E-state index in [0.717, 1.165) is 24.8 Å². The maximum absolute atomic E-state index is 12.8. The fourth-order valence-electron chi connectivity index (χ4n) is 3.91. The van der Waals surface area contributed by atoms with Crippen LogP contribution in [0.4, 0.5) is 0 Å². The lowest BCUT2D eigenvalue weighted by Crippen LogP contribution is -2.43. The van der Waals surface area contributed by atoms with E-state index in [1.807, 2.05) is 25.1 Å². The molecule has 1 aromatic carbocycles. The van der Waals surface area contributed by atoms with Gasteiger partial charge in [0.2, 0.25) is 6.29 Å². The summed E-state index contributed by atoms with van der Waals surface area (Å²) in [7, 11) is 1.35. The zero-order valence-corrected chi connectivity index (χ0v) is 17.6. The monoisotopic (exact) mass is 417 g/mol. The summed E-state index contributed by atoms with van der Waals surface area (Å²) < 4.78 is 16.6. The van der Waals surface area contributed by atoms with E-state index in [-0.39, 0.29) is 36.2 Å². The maximum atomic E-state index is 12.8. The summed E-state index contributed by atoms with van der Waals surface area (Å²) in [5.74, 6) is -0.561. The molecule has 1 fully saturated rings. The van der Waals surface area contributed by atoms with E-state index >= 15 is 0 Å². The molecule has 2 aliphatic rings. The Bertz CT molecular complexity index is 755. The number of rotatable bonds is 9. The van der Waals surface area contributed by atoms with Crippen LogP contribution in [0.1, 0.15) is 60.9 Å². The highest BCUT2D eigenvalue weighted by molar-refractivity contribution is 5.92. The summed E-state index contributed by atoms with van der Waals surface area (Å²) in [6, 6.07) is 7.39. The lowest BCUT2D eigenvalue weighted by atomic mass is 9.80. The molecule has 1 heterocycles. The minimum absolute atomic E-state index is 0.0682. The lowest BCUT2D eigenvalue weighted by molar-refractivity contribution is -0.167. The molecule has 0 radical (unpaired) electrons.